The van der Waals surface area contributed by atoms with Gasteiger partial charge < -0.3 is 0 Å². The Morgan fingerprint density at radius 1 is 1.53 bits per heavy atom. The molecule has 1 heterocycles. The fourth-order valence-corrected chi connectivity index (χ4v) is 2.84. The fraction of sp³-hybridized carbons (Fsp3) is 0.167. The van der Waals surface area contributed by atoms with E-state index in [1.54, 1.807) is 0 Å². The number of aromatic nitrogens is 1. The van der Waals surface area contributed by atoms with Gasteiger partial charge in [-0.2, -0.15) is 0 Å². The van der Waals surface area contributed by atoms with Crippen molar-refractivity contribution in [1.29, 1.82) is 0 Å². The van der Waals surface area contributed by atoms with Crippen LogP contribution in [-0.4, -0.2) is 13.4 Å². The van der Waals surface area contributed by atoms with E-state index in [2.05, 4.69) is 20.9 Å². The zero-order valence-corrected chi connectivity index (χ0v) is 10.1. The zero-order valence-electron chi connectivity index (χ0n) is 6.92. The molecule has 0 bridgehead atoms. The number of rotatable bonds is 2. The van der Waals surface area contributed by atoms with Gasteiger partial charge in [-0.1, -0.05) is 11.6 Å². The molecule has 84 valence electrons. The predicted octanol–water partition coefficient (Wildman–Crippen LogP) is 2.08. The number of hydrogen-bond acceptors (Lipinski definition) is 3. The van der Waals surface area contributed by atoms with Crippen molar-refractivity contribution in [1.82, 2.24) is 4.98 Å². The SMILES string of the molecule is NS(=O)(=O)c1c(Cl)cnc(Br)c1C(F)F. The summed E-state index contributed by atoms with van der Waals surface area (Å²) in [5, 5.41) is 4.34. The maximum absolute atomic E-state index is 12.6. The van der Waals surface area contributed by atoms with Crippen molar-refractivity contribution in [2.24, 2.45) is 5.14 Å². The van der Waals surface area contributed by atoms with Crippen LogP contribution in [0.1, 0.15) is 12.0 Å². The van der Waals surface area contributed by atoms with Crippen molar-refractivity contribution in [3.8, 4) is 0 Å². The molecular formula is C6H4BrClF2N2O2S. The molecular weight excluding hydrogens is 317 g/mol. The zero-order chi connectivity index (χ0) is 11.8. The number of alkyl halides is 2. The topological polar surface area (TPSA) is 73.1 Å². The van der Waals surface area contributed by atoms with Crippen LogP contribution >= 0.6 is 27.5 Å². The highest BCUT2D eigenvalue weighted by Gasteiger charge is 2.27. The van der Waals surface area contributed by atoms with Crippen molar-refractivity contribution >= 4 is 37.6 Å². The minimum atomic E-state index is -4.31. The standard InChI is InChI=1S/C6H4BrClF2N2O2S/c7-5-3(6(9)10)4(15(11,13)14)2(8)1-12-5/h1,6H,(H2,11,13,14). The first kappa shape index (κ1) is 12.8. The first-order valence-electron chi connectivity index (χ1n) is 3.40. The lowest BCUT2D eigenvalue weighted by molar-refractivity contribution is 0.146. The van der Waals surface area contributed by atoms with Gasteiger partial charge in [0.25, 0.3) is 6.43 Å². The Morgan fingerprint density at radius 2 is 2.07 bits per heavy atom. The van der Waals surface area contributed by atoms with Crippen LogP contribution in [-0.2, 0) is 10.0 Å². The average Bonchev–Trinajstić information content (AvgIpc) is 2.05. The van der Waals surface area contributed by atoms with Crippen molar-refractivity contribution in [3.63, 3.8) is 0 Å². The molecule has 0 amide bonds. The van der Waals surface area contributed by atoms with E-state index >= 15 is 0 Å². The molecule has 0 radical (unpaired) electrons. The van der Waals surface area contributed by atoms with E-state index in [1.165, 1.54) is 0 Å². The summed E-state index contributed by atoms with van der Waals surface area (Å²) in [4.78, 5) is 2.65. The third-order valence-electron chi connectivity index (χ3n) is 1.48. The van der Waals surface area contributed by atoms with Crippen molar-refractivity contribution in [3.05, 3.63) is 21.4 Å². The van der Waals surface area contributed by atoms with Crippen LogP contribution in [0.25, 0.3) is 0 Å². The normalized spacial score (nSPS) is 12.1. The highest BCUT2D eigenvalue weighted by atomic mass is 79.9. The van der Waals surface area contributed by atoms with E-state index in [0.717, 1.165) is 6.20 Å². The molecule has 0 spiro atoms. The first-order chi connectivity index (χ1) is 6.75. The number of nitrogens with zero attached hydrogens (tertiary/aromatic N) is 1. The monoisotopic (exact) mass is 320 g/mol. The smallest absolute Gasteiger partial charge is 0.247 e. The third-order valence-corrected chi connectivity index (χ3v) is 3.52. The lowest BCUT2D eigenvalue weighted by Crippen LogP contribution is -2.16. The lowest BCUT2D eigenvalue weighted by atomic mass is 10.3. The highest BCUT2D eigenvalue weighted by molar-refractivity contribution is 9.10. The van der Waals surface area contributed by atoms with E-state index in [4.69, 9.17) is 16.7 Å². The quantitative estimate of drug-likeness (QED) is 0.848. The predicted molar refractivity (Wildman–Crippen MR) is 53.3 cm³/mol. The van der Waals surface area contributed by atoms with Gasteiger partial charge in [-0.15, -0.1) is 0 Å². The second-order valence-corrected chi connectivity index (χ2v) is 5.14. The maximum Gasteiger partial charge on any atom is 0.267 e. The number of sulfonamides is 1. The van der Waals surface area contributed by atoms with E-state index < -0.39 is 31.9 Å². The molecule has 4 nitrogen and oxygen atoms in total. The summed E-state index contributed by atoms with van der Waals surface area (Å²) in [5.41, 5.74) is -0.829. The molecule has 2 N–H and O–H groups in total. The second kappa shape index (κ2) is 4.28. The summed E-state index contributed by atoms with van der Waals surface area (Å²) in [6, 6.07) is 0. The van der Waals surface area contributed by atoms with Crippen LogP contribution in [0.15, 0.2) is 15.7 Å². The summed E-state index contributed by atoms with van der Waals surface area (Å²) in [6.07, 6.45) is -2.11. The molecule has 0 fully saturated rings. The van der Waals surface area contributed by atoms with Crippen molar-refractivity contribution in [2.45, 2.75) is 11.3 Å². The number of primary sulfonamides is 1. The Kier molecular flexibility index (Phi) is 3.64. The first-order valence-corrected chi connectivity index (χ1v) is 6.11. The molecule has 0 saturated heterocycles. The van der Waals surface area contributed by atoms with Gasteiger partial charge in [0, 0.05) is 6.20 Å². The molecule has 0 unspecified atom stereocenters. The molecule has 0 saturated carbocycles. The summed E-state index contributed by atoms with van der Waals surface area (Å²) in [5.74, 6) is 0. The summed E-state index contributed by atoms with van der Waals surface area (Å²) >= 11 is 8.16. The van der Waals surface area contributed by atoms with Gasteiger partial charge in [0.2, 0.25) is 10.0 Å². The maximum atomic E-state index is 12.6. The van der Waals surface area contributed by atoms with E-state index in [-0.39, 0.29) is 4.60 Å². The van der Waals surface area contributed by atoms with E-state index in [9.17, 15) is 17.2 Å². The van der Waals surface area contributed by atoms with Gasteiger partial charge >= 0.3 is 0 Å². The molecule has 0 aromatic carbocycles. The molecule has 0 aliphatic carbocycles. The van der Waals surface area contributed by atoms with Crippen LogP contribution < -0.4 is 5.14 Å². The Hall–Kier alpha value is -0.310. The molecule has 0 atom stereocenters. The molecule has 1 aromatic heterocycles. The largest absolute Gasteiger partial charge is 0.267 e. The molecule has 9 heteroatoms. The summed E-state index contributed by atoms with van der Waals surface area (Å²) < 4.78 is 46.9. The lowest BCUT2D eigenvalue weighted by Gasteiger charge is -2.09. The minimum absolute atomic E-state index is 0.300. The van der Waals surface area contributed by atoms with Gasteiger partial charge in [0.05, 0.1) is 10.6 Å². The van der Waals surface area contributed by atoms with E-state index in [0.29, 0.717) is 0 Å². The minimum Gasteiger partial charge on any atom is -0.247 e. The second-order valence-electron chi connectivity index (χ2n) is 2.49. The third kappa shape index (κ3) is 2.63. The number of pyridine rings is 1. The van der Waals surface area contributed by atoms with Gasteiger partial charge in [-0.25, -0.2) is 27.3 Å². The van der Waals surface area contributed by atoms with Gasteiger partial charge in [0.15, 0.2) is 0 Å². The number of hydrogen-bond donors (Lipinski definition) is 1. The molecule has 0 aliphatic rings. The Morgan fingerprint density at radius 3 is 2.40 bits per heavy atom. The van der Waals surface area contributed by atoms with Crippen LogP contribution in [0.3, 0.4) is 0 Å². The average molecular weight is 322 g/mol. The summed E-state index contributed by atoms with van der Waals surface area (Å²) in [7, 11) is -4.31. The number of halogens is 4. The van der Waals surface area contributed by atoms with Crippen LogP contribution in [0.2, 0.25) is 5.02 Å². The van der Waals surface area contributed by atoms with Gasteiger partial charge in [-0.3, -0.25) is 0 Å². The van der Waals surface area contributed by atoms with Crippen LogP contribution in [0.5, 0.6) is 0 Å². The Labute approximate surface area is 97.6 Å². The van der Waals surface area contributed by atoms with Crippen molar-refractivity contribution < 1.29 is 17.2 Å². The van der Waals surface area contributed by atoms with Crippen LogP contribution in [0, 0.1) is 0 Å². The Bertz CT molecular complexity index is 494. The molecule has 1 rings (SSSR count). The Balaban J connectivity index is 3.68. The molecule has 15 heavy (non-hydrogen) atoms. The fourth-order valence-electron chi connectivity index (χ4n) is 0.942. The van der Waals surface area contributed by atoms with Gasteiger partial charge in [0.1, 0.15) is 9.50 Å². The highest BCUT2D eigenvalue weighted by Crippen LogP contribution is 2.35. The van der Waals surface area contributed by atoms with Gasteiger partial charge in [-0.05, 0) is 15.9 Å². The molecule has 1 aromatic rings. The molecule has 0 aliphatic heterocycles. The number of nitrogens with two attached hydrogens (primary N) is 1. The van der Waals surface area contributed by atoms with Crippen LogP contribution in [0.4, 0.5) is 8.78 Å². The summed E-state index contributed by atoms with van der Waals surface area (Å²) in [6.45, 7) is 0. The van der Waals surface area contributed by atoms with Crippen molar-refractivity contribution in [2.75, 3.05) is 0 Å². The van der Waals surface area contributed by atoms with E-state index in [1.807, 2.05) is 0 Å².